The second kappa shape index (κ2) is 13.0. The number of carbonyl (C=O) groups excluding carboxylic acids is 3. The van der Waals surface area contributed by atoms with Crippen LogP contribution in [0.4, 0.5) is 0 Å². The van der Waals surface area contributed by atoms with Crippen molar-refractivity contribution in [1.29, 1.82) is 0 Å². The molecule has 0 spiro atoms. The highest BCUT2D eigenvalue weighted by Crippen LogP contribution is 2.10. The van der Waals surface area contributed by atoms with Gasteiger partial charge in [0.1, 0.15) is 12.4 Å². The van der Waals surface area contributed by atoms with Gasteiger partial charge in [0.15, 0.2) is 0 Å². The van der Waals surface area contributed by atoms with Gasteiger partial charge in [0.05, 0.1) is 32.0 Å². The normalized spacial score (nSPS) is 11.6. The molecule has 1 aromatic rings. The van der Waals surface area contributed by atoms with Crippen LogP contribution in [-0.4, -0.2) is 62.9 Å². The Balaban J connectivity index is 2.44. The van der Waals surface area contributed by atoms with Gasteiger partial charge >= 0.3 is 11.9 Å². The number of pyridine rings is 1. The van der Waals surface area contributed by atoms with Crippen LogP contribution in [0.2, 0.25) is 0 Å². The van der Waals surface area contributed by atoms with E-state index in [-0.39, 0.29) is 38.6 Å². The molecule has 0 bridgehead atoms. The number of ketones is 1. The van der Waals surface area contributed by atoms with Crippen LogP contribution in [0.3, 0.4) is 0 Å². The number of esters is 2. The molecule has 0 aromatic carbocycles. The number of hydrogen-bond donors (Lipinski definition) is 0. The number of carbonyl (C=O) groups is 3. The van der Waals surface area contributed by atoms with Crippen molar-refractivity contribution in [3.8, 4) is 0 Å². The van der Waals surface area contributed by atoms with Crippen LogP contribution in [0.25, 0.3) is 0 Å². The molecule has 0 aliphatic carbocycles. The molecule has 1 rings (SSSR count). The summed E-state index contributed by atoms with van der Waals surface area (Å²) in [5.74, 6) is -1.50. The molecule has 144 valence electrons. The fourth-order valence-corrected chi connectivity index (χ4v) is 1.94. The van der Waals surface area contributed by atoms with Crippen molar-refractivity contribution < 1.29 is 33.3 Å². The van der Waals surface area contributed by atoms with Crippen molar-refractivity contribution in [2.45, 2.75) is 19.8 Å². The first kappa shape index (κ1) is 21.7. The molecule has 0 aliphatic heterocycles. The van der Waals surface area contributed by atoms with Gasteiger partial charge in [-0.15, -0.1) is 0 Å². The number of Topliss-reactive ketones (excluding diaryl/α,β-unsaturated/α-hetero) is 1. The zero-order valence-corrected chi connectivity index (χ0v) is 15.1. The maximum absolute atomic E-state index is 12.0. The second-order valence-corrected chi connectivity index (χ2v) is 5.53. The molecule has 1 atom stereocenters. The molecular weight excluding hydrogens is 342 g/mol. The van der Waals surface area contributed by atoms with Crippen molar-refractivity contribution in [1.82, 2.24) is 4.98 Å². The van der Waals surface area contributed by atoms with Gasteiger partial charge in [-0.1, -0.05) is 6.92 Å². The quantitative estimate of drug-likeness (QED) is 0.381. The lowest BCUT2D eigenvalue weighted by Crippen LogP contribution is -2.25. The van der Waals surface area contributed by atoms with E-state index in [0.29, 0.717) is 18.6 Å². The summed E-state index contributed by atoms with van der Waals surface area (Å²) in [7, 11) is 1.53. The summed E-state index contributed by atoms with van der Waals surface area (Å²) in [6.45, 7) is 2.15. The van der Waals surface area contributed by atoms with Crippen LogP contribution < -0.4 is 0 Å². The molecule has 26 heavy (non-hydrogen) atoms. The molecule has 8 heteroatoms. The van der Waals surface area contributed by atoms with Gasteiger partial charge < -0.3 is 18.9 Å². The molecule has 0 N–H and O–H groups in total. The lowest BCUT2D eigenvalue weighted by molar-refractivity contribution is -0.151. The fourth-order valence-electron chi connectivity index (χ4n) is 1.94. The monoisotopic (exact) mass is 367 g/mol. The van der Waals surface area contributed by atoms with Crippen molar-refractivity contribution in [3.05, 3.63) is 30.1 Å². The largest absolute Gasteiger partial charge is 0.464 e. The fraction of sp³-hybridized carbons (Fsp3) is 0.556. The van der Waals surface area contributed by atoms with Crippen LogP contribution >= 0.6 is 0 Å². The minimum absolute atomic E-state index is 0.000166. The minimum Gasteiger partial charge on any atom is -0.464 e. The maximum atomic E-state index is 12.0. The van der Waals surface area contributed by atoms with E-state index in [1.807, 2.05) is 0 Å². The zero-order valence-electron chi connectivity index (χ0n) is 15.1. The van der Waals surface area contributed by atoms with Crippen molar-refractivity contribution >= 4 is 17.7 Å². The molecule has 0 radical (unpaired) electrons. The summed E-state index contributed by atoms with van der Waals surface area (Å²) in [5.41, 5.74) is 0.316. The van der Waals surface area contributed by atoms with E-state index in [9.17, 15) is 14.4 Å². The Labute approximate surface area is 152 Å². The van der Waals surface area contributed by atoms with Crippen LogP contribution in [0.1, 0.15) is 30.1 Å². The summed E-state index contributed by atoms with van der Waals surface area (Å²) in [6.07, 6.45) is 3.47. The third-order valence-corrected chi connectivity index (χ3v) is 3.39. The summed E-state index contributed by atoms with van der Waals surface area (Å²) in [6, 6.07) is 3.21. The highest BCUT2D eigenvalue weighted by atomic mass is 16.6. The highest BCUT2D eigenvalue weighted by molar-refractivity contribution is 5.88. The SMILES string of the molecule is CCC(=O)CC(COC(=O)COCCOC)COC(=O)c1cccnc1. The first-order valence-electron chi connectivity index (χ1n) is 8.38. The average molecular weight is 367 g/mol. The molecular formula is C18H25NO7. The zero-order chi connectivity index (χ0) is 19.2. The maximum Gasteiger partial charge on any atom is 0.339 e. The molecule has 0 saturated carbocycles. The lowest BCUT2D eigenvalue weighted by atomic mass is 10.0. The van der Waals surface area contributed by atoms with Gasteiger partial charge in [0, 0.05) is 38.3 Å². The number of nitrogens with zero attached hydrogens (tertiary/aromatic N) is 1. The van der Waals surface area contributed by atoms with Crippen LogP contribution in [0.15, 0.2) is 24.5 Å². The van der Waals surface area contributed by atoms with E-state index in [0.717, 1.165) is 0 Å². The Hall–Kier alpha value is -2.32. The van der Waals surface area contributed by atoms with Crippen molar-refractivity contribution in [2.24, 2.45) is 5.92 Å². The third kappa shape index (κ3) is 9.24. The Bertz CT molecular complexity index is 562. The van der Waals surface area contributed by atoms with Crippen LogP contribution in [0.5, 0.6) is 0 Å². The molecule has 1 unspecified atom stereocenters. The van der Waals surface area contributed by atoms with Gasteiger partial charge in [0.2, 0.25) is 0 Å². The number of ether oxygens (including phenoxy) is 4. The Morgan fingerprint density at radius 1 is 1.15 bits per heavy atom. The van der Waals surface area contributed by atoms with E-state index in [4.69, 9.17) is 18.9 Å². The predicted molar refractivity (Wildman–Crippen MR) is 91.6 cm³/mol. The molecule has 0 aliphatic rings. The summed E-state index contributed by atoms with van der Waals surface area (Å²) in [4.78, 5) is 39.1. The minimum atomic E-state index is -0.548. The highest BCUT2D eigenvalue weighted by Gasteiger charge is 2.18. The number of aromatic nitrogens is 1. The third-order valence-electron chi connectivity index (χ3n) is 3.39. The van der Waals surface area contributed by atoms with Gasteiger partial charge in [-0.2, -0.15) is 0 Å². The average Bonchev–Trinajstić information content (AvgIpc) is 2.67. The first-order valence-corrected chi connectivity index (χ1v) is 8.38. The van der Waals surface area contributed by atoms with Gasteiger partial charge in [-0.25, -0.2) is 9.59 Å². The molecule has 1 aromatic heterocycles. The van der Waals surface area contributed by atoms with Crippen LogP contribution in [-0.2, 0) is 28.5 Å². The van der Waals surface area contributed by atoms with Gasteiger partial charge in [-0.3, -0.25) is 9.78 Å². The Morgan fingerprint density at radius 2 is 1.92 bits per heavy atom. The number of methoxy groups -OCH3 is 1. The van der Waals surface area contributed by atoms with Crippen molar-refractivity contribution in [2.75, 3.05) is 40.1 Å². The summed E-state index contributed by atoms with van der Waals surface area (Å²) >= 11 is 0. The van der Waals surface area contributed by atoms with Gasteiger partial charge in [0.25, 0.3) is 0 Å². The van der Waals surface area contributed by atoms with E-state index in [2.05, 4.69) is 4.98 Å². The Morgan fingerprint density at radius 3 is 2.58 bits per heavy atom. The lowest BCUT2D eigenvalue weighted by Gasteiger charge is -2.16. The smallest absolute Gasteiger partial charge is 0.339 e. The van der Waals surface area contributed by atoms with E-state index >= 15 is 0 Å². The van der Waals surface area contributed by atoms with Crippen LogP contribution in [0, 0.1) is 5.92 Å². The number of hydrogen-bond acceptors (Lipinski definition) is 8. The van der Waals surface area contributed by atoms with Gasteiger partial charge in [-0.05, 0) is 12.1 Å². The topological polar surface area (TPSA) is 101 Å². The molecule has 0 saturated heterocycles. The Kier molecular flexibility index (Phi) is 10.8. The first-order chi connectivity index (χ1) is 12.6. The van der Waals surface area contributed by atoms with E-state index in [1.54, 1.807) is 25.3 Å². The summed E-state index contributed by atoms with van der Waals surface area (Å²) in [5, 5.41) is 0. The molecule has 1 heterocycles. The molecule has 0 fully saturated rings. The second-order valence-electron chi connectivity index (χ2n) is 5.53. The van der Waals surface area contributed by atoms with E-state index in [1.165, 1.54) is 13.3 Å². The number of rotatable bonds is 13. The molecule has 8 nitrogen and oxygen atoms in total. The van der Waals surface area contributed by atoms with Crippen molar-refractivity contribution in [3.63, 3.8) is 0 Å². The predicted octanol–water partition coefficient (Wildman–Crippen LogP) is 1.43. The molecule has 0 amide bonds. The summed E-state index contributed by atoms with van der Waals surface area (Å²) < 4.78 is 20.2. The van der Waals surface area contributed by atoms with E-state index < -0.39 is 17.9 Å². The standard InChI is InChI=1S/C18H25NO7/c1-3-16(20)9-14(11-25-17(21)13-24-8-7-23-2)12-26-18(22)15-5-4-6-19-10-15/h4-6,10,14H,3,7-9,11-13H2,1-2H3.